The monoisotopic (exact) mass is 291 g/mol. The van der Waals surface area contributed by atoms with Crippen LogP contribution in [0.4, 0.5) is 0 Å². The standard InChI is InChI=1S/C17H29N3O/c1-5-18-17(19-10-11-21-6-2)20-13-15(4)16-9-7-8-14(3)12-16/h7-9,12,15H,5-6,10-11,13H2,1-4H3,(H2,18,19,20). The number of rotatable bonds is 8. The van der Waals surface area contributed by atoms with E-state index in [4.69, 9.17) is 4.74 Å². The van der Waals surface area contributed by atoms with Gasteiger partial charge >= 0.3 is 0 Å². The van der Waals surface area contributed by atoms with Gasteiger partial charge in [-0.25, -0.2) is 0 Å². The Morgan fingerprint density at radius 3 is 2.76 bits per heavy atom. The Morgan fingerprint density at radius 1 is 1.29 bits per heavy atom. The normalized spacial score (nSPS) is 13.0. The topological polar surface area (TPSA) is 45.7 Å². The molecule has 0 aliphatic carbocycles. The molecule has 0 saturated carbocycles. The molecule has 0 amide bonds. The van der Waals surface area contributed by atoms with Gasteiger partial charge in [0.05, 0.1) is 6.61 Å². The first-order chi connectivity index (χ1) is 10.2. The summed E-state index contributed by atoms with van der Waals surface area (Å²) in [6, 6.07) is 8.63. The number of ether oxygens (including phenoxy) is 1. The van der Waals surface area contributed by atoms with Gasteiger partial charge in [0.25, 0.3) is 0 Å². The molecule has 1 unspecified atom stereocenters. The van der Waals surface area contributed by atoms with Gasteiger partial charge in [0.1, 0.15) is 0 Å². The van der Waals surface area contributed by atoms with Crippen molar-refractivity contribution in [3.63, 3.8) is 0 Å². The molecular weight excluding hydrogens is 262 g/mol. The van der Waals surface area contributed by atoms with Crippen molar-refractivity contribution in [2.45, 2.75) is 33.6 Å². The lowest BCUT2D eigenvalue weighted by molar-refractivity contribution is 0.152. The van der Waals surface area contributed by atoms with Gasteiger partial charge in [-0.2, -0.15) is 0 Å². The molecule has 2 N–H and O–H groups in total. The average molecular weight is 291 g/mol. The lowest BCUT2D eigenvalue weighted by Crippen LogP contribution is -2.39. The maximum Gasteiger partial charge on any atom is 0.191 e. The molecule has 0 aliphatic heterocycles. The van der Waals surface area contributed by atoms with Crippen molar-refractivity contribution in [1.29, 1.82) is 0 Å². The minimum absolute atomic E-state index is 0.409. The number of hydrogen-bond donors (Lipinski definition) is 2. The molecule has 0 heterocycles. The number of aliphatic imine (C=N–C) groups is 1. The summed E-state index contributed by atoms with van der Waals surface area (Å²) in [5.74, 6) is 1.27. The number of benzene rings is 1. The first-order valence-corrected chi connectivity index (χ1v) is 7.83. The minimum atomic E-state index is 0.409. The molecule has 0 aromatic heterocycles. The molecule has 21 heavy (non-hydrogen) atoms. The quantitative estimate of drug-likeness (QED) is 0.440. The number of guanidine groups is 1. The van der Waals surface area contributed by atoms with Crippen LogP contribution in [-0.4, -0.2) is 38.8 Å². The van der Waals surface area contributed by atoms with E-state index in [1.54, 1.807) is 0 Å². The molecule has 4 nitrogen and oxygen atoms in total. The summed E-state index contributed by atoms with van der Waals surface area (Å²) in [6.45, 7) is 12.3. The van der Waals surface area contributed by atoms with Crippen LogP contribution in [-0.2, 0) is 4.74 Å². The van der Waals surface area contributed by atoms with E-state index < -0.39 is 0 Å². The summed E-state index contributed by atoms with van der Waals surface area (Å²) in [5.41, 5.74) is 2.63. The Bertz CT molecular complexity index is 432. The summed E-state index contributed by atoms with van der Waals surface area (Å²) in [7, 11) is 0. The molecule has 1 atom stereocenters. The molecule has 4 heteroatoms. The molecule has 1 aromatic rings. The highest BCUT2D eigenvalue weighted by Crippen LogP contribution is 2.16. The predicted molar refractivity (Wildman–Crippen MR) is 90.1 cm³/mol. The second-order valence-corrected chi connectivity index (χ2v) is 5.16. The summed E-state index contributed by atoms with van der Waals surface area (Å²) in [5, 5.41) is 6.55. The van der Waals surface area contributed by atoms with E-state index in [9.17, 15) is 0 Å². The van der Waals surface area contributed by atoms with Gasteiger partial charge in [-0.3, -0.25) is 4.99 Å². The van der Waals surface area contributed by atoms with E-state index in [0.717, 1.165) is 32.2 Å². The molecule has 0 bridgehead atoms. The van der Waals surface area contributed by atoms with Crippen LogP contribution < -0.4 is 10.6 Å². The van der Waals surface area contributed by atoms with Crippen molar-refractivity contribution < 1.29 is 4.74 Å². The molecule has 0 saturated heterocycles. The summed E-state index contributed by atoms with van der Waals surface area (Å²) >= 11 is 0. The summed E-state index contributed by atoms with van der Waals surface area (Å²) in [4.78, 5) is 4.66. The maximum atomic E-state index is 5.32. The van der Waals surface area contributed by atoms with Crippen LogP contribution in [0.1, 0.15) is 37.8 Å². The van der Waals surface area contributed by atoms with Crippen LogP contribution in [0.25, 0.3) is 0 Å². The second kappa shape index (κ2) is 10.2. The van der Waals surface area contributed by atoms with Gasteiger partial charge in [-0.05, 0) is 26.3 Å². The van der Waals surface area contributed by atoms with Gasteiger partial charge in [0.2, 0.25) is 0 Å². The fourth-order valence-corrected chi connectivity index (χ4v) is 2.04. The third-order valence-electron chi connectivity index (χ3n) is 3.22. The van der Waals surface area contributed by atoms with Crippen LogP contribution >= 0.6 is 0 Å². The fraction of sp³-hybridized carbons (Fsp3) is 0.588. The van der Waals surface area contributed by atoms with Crippen LogP contribution in [0.5, 0.6) is 0 Å². The van der Waals surface area contributed by atoms with Crippen molar-refractivity contribution in [3.05, 3.63) is 35.4 Å². The third-order valence-corrected chi connectivity index (χ3v) is 3.22. The van der Waals surface area contributed by atoms with Crippen molar-refractivity contribution in [2.24, 2.45) is 4.99 Å². The molecule has 0 radical (unpaired) electrons. The number of hydrogen-bond acceptors (Lipinski definition) is 2. The van der Waals surface area contributed by atoms with Crippen LogP contribution in [0.15, 0.2) is 29.3 Å². The third kappa shape index (κ3) is 7.14. The maximum absolute atomic E-state index is 5.32. The minimum Gasteiger partial charge on any atom is -0.380 e. The number of nitrogens with one attached hydrogen (secondary N) is 2. The Morgan fingerprint density at radius 2 is 2.10 bits per heavy atom. The summed E-state index contributed by atoms with van der Waals surface area (Å²) < 4.78 is 5.32. The molecule has 1 aromatic carbocycles. The van der Waals surface area contributed by atoms with E-state index >= 15 is 0 Å². The Labute approximate surface area is 129 Å². The zero-order valence-corrected chi connectivity index (χ0v) is 13.8. The zero-order chi connectivity index (χ0) is 15.5. The first-order valence-electron chi connectivity index (χ1n) is 7.83. The number of nitrogens with zero attached hydrogens (tertiary/aromatic N) is 1. The fourth-order valence-electron chi connectivity index (χ4n) is 2.04. The smallest absolute Gasteiger partial charge is 0.191 e. The summed E-state index contributed by atoms with van der Waals surface area (Å²) in [6.07, 6.45) is 0. The van der Waals surface area contributed by atoms with E-state index in [2.05, 4.69) is 60.7 Å². The molecule has 118 valence electrons. The van der Waals surface area contributed by atoms with E-state index in [1.165, 1.54) is 11.1 Å². The Kier molecular flexibility index (Phi) is 8.51. The molecule has 1 rings (SSSR count). The molecule has 0 fully saturated rings. The number of aryl methyl sites for hydroxylation is 1. The van der Waals surface area contributed by atoms with Crippen LogP contribution in [0.3, 0.4) is 0 Å². The van der Waals surface area contributed by atoms with Gasteiger partial charge in [0, 0.05) is 32.2 Å². The Balaban J connectivity index is 2.51. The van der Waals surface area contributed by atoms with E-state index in [-0.39, 0.29) is 0 Å². The van der Waals surface area contributed by atoms with Gasteiger partial charge in [-0.1, -0.05) is 36.8 Å². The molecular formula is C17H29N3O. The van der Waals surface area contributed by atoms with Crippen LogP contribution in [0, 0.1) is 6.92 Å². The second-order valence-electron chi connectivity index (χ2n) is 5.16. The lowest BCUT2D eigenvalue weighted by atomic mass is 10.00. The van der Waals surface area contributed by atoms with Crippen molar-refractivity contribution in [2.75, 3.05) is 32.8 Å². The van der Waals surface area contributed by atoms with Crippen molar-refractivity contribution in [3.8, 4) is 0 Å². The lowest BCUT2D eigenvalue weighted by Gasteiger charge is -2.14. The van der Waals surface area contributed by atoms with Gasteiger partial charge < -0.3 is 15.4 Å². The van der Waals surface area contributed by atoms with Gasteiger partial charge in [-0.15, -0.1) is 0 Å². The molecule has 0 aliphatic rings. The highest BCUT2D eigenvalue weighted by Gasteiger charge is 2.05. The zero-order valence-electron chi connectivity index (χ0n) is 13.8. The SMILES string of the molecule is CCNC(=NCC(C)c1cccc(C)c1)NCCOCC. The largest absolute Gasteiger partial charge is 0.380 e. The van der Waals surface area contributed by atoms with E-state index in [1.807, 2.05) is 6.92 Å². The first kappa shape index (κ1) is 17.5. The van der Waals surface area contributed by atoms with E-state index in [0.29, 0.717) is 12.5 Å². The average Bonchev–Trinajstić information content (AvgIpc) is 2.48. The highest BCUT2D eigenvalue weighted by atomic mass is 16.5. The highest BCUT2D eigenvalue weighted by molar-refractivity contribution is 5.79. The Hall–Kier alpha value is -1.55. The van der Waals surface area contributed by atoms with Crippen molar-refractivity contribution in [1.82, 2.24) is 10.6 Å². The van der Waals surface area contributed by atoms with Gasteiger partial charge in [0.15, 0.2) is 5.96 Å². The van der Waals surface area contributed by atoms with Crippen molar-refractivity contribution >= 4 is 5.96 Å². The molecule has 0 spiro atoms. The predicted octanol–water partition coefficient (Wildman–Crippen LogP) is 2.69. The van der Waals surface area contributed by atoms with Crippen LogP contribution in [0.2, 0.25) is 0 Å².